The number of carboxylic acids is 3. The number of hydrogen-bond donors (Lipinski definition) is 11. The van der Waals surface area contributed by atoms with Crippen molar-refractivity contribution in [2.45, 2.75) is 142 Å². The minimum atomic E-state index is -2.01. The average Bonchev–Trinajstić information content (AvgIpc) is 3.80. The molecule has 11 N–H and O–H groups in total. The highest BCUT2D eigenvalue weighted by molar-refractivity contribution is 5.99. The summed E-state index contributed by atoms with van der Waals surface area (Å²) in [6.45, 7) is 9.83. The van der Waals surface area contributed by atoms with Crippen molar-refractivity contribution in [2.24, 2.45) is 11.8 Å². The van der Waals surface area contributed by atoms with Crippen LogP contribution in [0.1, 0.15) is 93.4 Å². The van der Waals surface area contributed by atoms with Crippen molar-refractivity contribution in [3.63, 3.8) is 0 Å². The van der Waals surface area contributed by atoms with Gasteiger partial charge in [0.2, 0.25) is 41.4 Å². The SMILES string of the molecule is CCCN(NOC(=O)[C@@H]1CCCN1C(=O)[C@@H](NC(=O)[C@@H](NC(=O)[C@H](CC(=O)O)NC(=O)[C@H](CCC(=O)O)NC(=O)[C@@H](NC(=O)[C@H](CC(=O)O)NC(C)=O)[C@@H](C)O)C(C)C)C(C)C)C(=O)Oc1ccc([N+](=O)[O-])cc1. The molecule has 0 radical (unpaired) electrons. The van der Waals surface area contributed by atoms with Crippen LogP contribution in [0.3, 0.4) is 0 Å². The number of rotatable bonds is 29. The summed E-state index contributed by atoms with van der Waals surface area (Å²) in [6.07, 6.45) is -5.58. The molecule has 1 fully saturated rings. The summed E-state index contributed by atoms with van der Waals surface area (Å²) in [4.78, 5) is 171. The molecule has 8 atom stereocenters. The molecule has 1 aromatic rings. The predicted molar refractivity (Wildman–Crippen MR) is 250 cm³/mol. The number of aliphatic carboxylic acids is 3. The number of nitro groups is 1. The number of nitrogens with one attached hydrogen (secondary N) is 7. The van der Waals surface area contributed by atoms with E-state index in [-0.39, 0.29) is 30.9 Å². The number of nitro benzene ring substituents is 1. The number of nitrogens with zero attached hydrogens (tertiary/aromatic N) is 3. The summed E-state index contributed by atoms with van der Waals surface area (Å²) in [5.41, 5.74) is 1.97. The van der Waals surface area contributed by atoms with Gasteiger partial charge in [0, 0.05) is 38.6 Å². The van der Waals surface area contributed by atoms with Crippen LogP contribution in [0.2, 0.25) is 0 Å². The van der Waals surface area contributed by atoms with E-state index in [0.29, 0.717) is 12.8 Å². The molecule has 1 aromatic carbocycles. The third-order valence-corrected chi connectivity index (χ3v) is 10.9. The Bertz CT molecular complexity index is 2230. The summed E-state index contributed by atoms with van der Waals surface area (Å²) in [5, 5.41) is 63.7. The van der Waals surface area contributed by atoms with Crippen LogP contribution < -0.4 is 42.2 Å². The Morgan fingerprint density at radius 2 is 1.22 bits per heavy atom. The van der Waals surface area contributed by atoms with Crippen molar-refractivity contribution < 1.29 is 92.5 Å². The molecular formula is C44H64N10O20. The first-order valence-corrected chi connectivity index (χ1v) is 23.2. The third kappa shape index (κ3) is 19.9. The summed E-state index contributed by atoms with van der Waals surface area (Å²) >= 11 is 0. The number of hydrogen-bond acceptors (Lipinski definition) is 18. The van der Waals surface area contributed by atoms with Crippen molar-refractivity contribution in [3.05, 3.63) is 34.4 Å². The van der Waals surface area contributed by atoms with Crippen LogP contribution in [0.4, 0.5) is 10.5 Å². The molecule has 74 heavy (non-hydrogen) atoms. The maximum absolute atomic E-state index is 14.1. The van der Waals surface area contributed by atoms with E-state index in [1.165, 1.54) is 26.0 Å². The molecule has 1 saturated heterocycles. The number of hydrazine groups is 1. The molecule has 0 bridgehead atoms. The van der Waals surface area contributed by atoms with Crippen molar-refractivity contribution in [1.29, 1.82) is 0 Å². The van der Waals surface area contributed by atoms with E-state index in [1.807, 2.05) is 0 Å². The van der Waals surface area contributed by atoms with E-state index >= 15 is 0 Å². The zero-order valence-corrected chi connectivity index (χ0v) is 41.6. The van der Waals surface area contributed by atoms with E-state index in [9.17, 15) is 88.1 Å². The van der Waals surface area contributed by atoms with Gasteiger partial charge in [-0.25, -0.2) is 14.6 Å². The number of carbonyl (C=O) groups excluding carboxylic acids is 9. The van der Waals surface area contributed by atoms with Crippen LogP contribution in [-0.4, -0.2) is 168 Å². The Balaban J connectivity index is 2.27. The maximum atomic E-state index is 14.1. The molecular weight excluding hydrogens is 989 g/mol. The monoisotopic (exact) mass is 1050 g/mol. The molecule has 30 nitrogen and oxygen atoms in total. The molecule has 1 aliphatic heterocycles. The van der Waals surface area contributed by atoms with Crippen molar-refractivity contribution in [3.8, 4) is 5.75 Å². The normalized spacial score (nSPS) is 15.9. The molecule has 0 spiro atoms. The minimum Gasteiger partial charge on any atom is -0.481 e. The zero-order valence-electron chi connectivity index (χ0n) is 41.6. The topological polar surface area (TPSA) is 438 Å². The van der Waals surface area contributed by atoms with E-state index in [4.69, 9.17) is 9.57 Å². The Morgan fingerprint density at radius 3 is 1.70 bits per heavy atom. The number of carboxylic acid groups (broad SMARTS) is 3. The lowest BCUT2D eigenvalue weighted by Crippen LogP contribution is -2.62. The fourth-order valence-electron chi connectivity index (χ4n) is 7.10. The highest BCUT2D eigenvalue weighted by atomic mass is 16.7. The summed E-state index contributed by atoms with van der Waals surface area (Å²) in [6, 6.07) is -7.04. The number of non-ortho nitro benzene ring substituents is 1. The number of benzene rings is 1. The van der Waals surface area contributed by atoms with E-state index < -0.39 is 162 Å². The second-order valence-corrected chi connectivity index (χ2v) is 17.7. The Kier molecular flexibility index (Phi) is 24.7. The standard InChI is InChI=1S/C44H64N10O20/c1-8-17-53(44(70)73-26-13-11-25(12-14-26)54(71)72)51-74-43(69)30-10-9-18-52(30)42(68)35(22(4)5)49-40(66)34(21(2)3)48-39(65)29(20-33(61)62)47-37(63)27(15-16-31(57)58)46-41(67)36(23(6)55)50-38(64)28(19-32(59)60)45-24(7)56/h11-14,21-23,27-30,34-36,51,55H,8-10,15-20H2,1-7H3,(H,45,56)(H,46,67)(H,47,63)(H,48,65)(H,49,66)(H,50,64)(H,57,58)(H,59,60)(H,61,62)/t23-,27+,28+,29+,30+,34+,35+,36+/m1/s1. The molecule has 2 rings (SSSR count). The van der Waals surface area contributed by atoms with Gasteiger partial charge in [0.05, 0.1) is 23.9 Å². The van der Waals surface area contributed by atoms with Crippen LogP contribution in [0.25, 0.3) is 0 Å². The second kappa shape index (κ2) is 29.5. The van der Waals surface area contributed by atoms with Gasteiger partial charge in [-0.3, -0.25) is 58.1 Å². The van der Waals surface area contributed by atoms with Gasteiger partial charge >= 0.3 is 30.0 Å². The Hall–Kier alpha value is -8.02. The first-order valence-electron chi connectivity index (χ1n) is 23.2. The molecule has 0 aliphatic carbocycles. The molecule has 1 aliphatic rings. The number of amides is 8. The van der Waals surface area contributed by atoms with Crippen LogP contribution in [-0.2, 0) is 57.6 Å². The van der Waals surface area contributed by atoms with E-state index in [1.54, 1.807) is 20.8 Å². The highest BCUT2D eigenvalue weighted by Gasteiger charge is 2.42. The summed E-state index contributed by atoms with van der Waals surface area (Å²) in [5.74, 6) is -14.8. The van der Waals surface area contributed by atoms with Crippen molar-refractivity contribution >= 4 is 77.0 Å². The van der Waals surface area contributed by atoms with Crippen LogP contribution >= 0.6 is 0 Å². The smallest absolute Gasteiger partial charge is 0.432 e. The molecule has 410 valence electrons. The van der Waals surface area contributed by atoms with Crippen LogP contribution in [0.15, 0.2) is 24.3 Å². The fourth-order valence-corrected chi connectivity index (χ4v) is 7.10. The van der Waals surface area contributed by atoms with Gasteiger partial charge in [-0.05, 0) is 56.6 Å². The summed E-state index contributed by atoms with van der Waals surface area (Å²) < 4.78 is 5.23. The number of ether oxygens (including phenoxy) is 1. The molecule has 0 aromatic heterocycles. The second-order valence-electron chi connectivity index (χ2n) is 17.7. The zero-order chi connectivity index (χ0) is 56.1. The van der Waals surface area contributed by atoms with E-state index in [2.05, 4.69) is 37.5 Å². The van der Waals surface area contributed by atoms with Gasteiger partial charge in [-0.2, -0.15) is 0 Å². The van der Waals surface area contributed by atoms with Crippen molar-refractivity contribution in [1.82, 2.24) is 47.4 Å². The molecule has 1 heterocycles. The lowest BCUT2D eigenvalue weighted by atomic mass is 9.98. The predicted octanol–water partition coefficient (Wildman–Crippen LogP) is -1.80. The molecule has 0 unspecified atom stereocenters. The van der Waals surface area contributed by atoms with E-state index in [0.717, 1.165) is 35.9 Å². The number of aliphatic hydroxyl groups is 1. The quantitative estimate of drug-likeness (QED) is 0.0311. The third-order valence-electron chi connectivity index (χ3n) is 10.9. The van der Waals surface area contributed by atoms with Crippen LogP contribution in [0.5, 0.6) is 5.75 Å². The minimum absolute atomic E-state index is 0.0341. The average molecular weight is 1050 g/mol. The van der Waals surface area contributed by atoms with Gasteiger partial charge in [-0.15, -0.1) is 0 Å². The Morgan fingerprint density at radius 1 is 0.716 bits per heavy atom. The van der Waals surface area contributed by atoms with Gasteiger partial charge in [0.1, 0.15) is 48.0 Å². The fraction of sp³-hybridized carbons (Fsp3) is 0.591. The largest absolute Gasteiger partial charge is 0.481 e. The van der Waals surface area contributed by atoms with Crippen molar-refractivity contribution in [2.75, 3.05) is 13.1 Å². The summed E-state index contributed by atoms with van der Waals surface area (Å²) in [7, 11) is 0. The number of aliphatic hydroxyl groups excluding tert-OH is 1. The Labute approximate surface area is 423 Å². The molecule has 8 amide bonds. The maximum Gasteiger partial charge on any atom is 0.432 e. The van der Waals surface area contributed by atoms with Gasteiger partial charge in [-0.1, -0.05) is 40.2 Å². The van der Waals surface area contributed by atoms with Gasteiger partial charge in [0.15, 0.2) is 0 Å². The number of carbonyl (C=O) groups is 12. The lowest BCUT2D eigenvalue weighted by molar-refractivity contribution is -0.384. The van der Waals surface area contributed by atoms with Crippen LogP contribution in [0, 0.1) is 22.0 Å². The molecule has 30 heteroatoms. The van der Waals surface area contributed by atoms with Gasteiger partial charge in [0.25, 0.3) is 5.69 Å². The highest BCUT2D eigenvalue weighted by Crippen LogP contribution is 2.22. The molecule has 0 saturated carbocycles. The lowest BCUT2D eigenvalue weighted by Gasteiger charge is -2.32. The van der Waals surface area contributed by atoms with Gasteiger partial charge < -0.3 is 66.8 Å². The first-order chi connectivity index (χ1) is 34.6. The first kappa shape index (κ1) is 62.1. The number of likely N-dealkylation sites (tertiary alicyclic amines) is 1.